The first-order valence-electron chi connectivity index (χ1n) is 8.25. The van der Waals surface area contributed by atoms with Crippen molar-refractivity contribution >= 4 is 23.1 Å². The Balaban J connectivity index is 1.78. The van der Waals surface area contributed by atoms with Crippen LogP contribution in [0.5, 0.6) is 11.5 Å². The number of amides is 1. The van der Waals surface area contributed by atoms with E-state index < -0.39 is 5.91 Å². The number of anilines is 3. The number of benzene rings is 2. The van der Waals surface area contributed by atoms with Gasteiger partial charge in [-0.15, -0.1) is 0 Å². The summed E-state index contributed by atoms with van der Waals surface area (Å²) in [7, 11) is 3.06. The third-order valence-electron chi connectivity index (χ3n) is 3.84. The van der Waals surface area contributed by atoms with E-state index in [9.17, 15) is 4.79 Å². The van der Waals surface area contributed by atoms with Crippen molar-refractivity contribution in [1.29, 1.82) is 5.26 Å². The third kappa shape index (κ3) is 4.34. The van der Waals surface area contributed by atoms with Gasteiger partial charge in [-0.3, -0.25) is 4.79 Å². The van der Waals surface area contributed by atoms with E-state index in [0.29, 0.717) is 28.6 Å². The number of aromatic nitrogens is 2. The van der Waals surface area contributed by atoms with Crippen molar-refractivity contribution in [2.75, 3.05) is 24.9 Å². The Hall–Kier alpha value is -4.12. The second kappa shape index (κ2) is 8.51. The fraction of sp³-hybridized carbons (Fsp3) is 0.100. The number of carbonyl (C=O) groups excluding carboxylic acids is 1. The number of methoxy groups -OCH3 is 2. The largest absolute Gasteiger partial charge is 0.497 e. The highest BCUT2D eigenvalue weighted by molar-refractivity contribution is 6.04. The summed E-state index contributed by atoms with van der Waals surface area (Å²) in [5, 5.41) is 14.7. The normalized spacial score (nSPS) is 9.89. The zero-order valence-corrected chi connectivity index (χ0v) is 15.3. The number of rotatable bonds is 6. The molecule has 1 aromatic heterocycles. The van der Waals surface area contributed by atoms with Crippen LogP contribution in [-0.4, -0.2) is 30.1 Å². The van der Waals surface area contributed by atoms with Crippen LogP contribution in [0.3, 0.4) is 0 Å². The minimum atomic E-state index is -0.420. The van der Waals surface area contributed by atoms with Gasteiger partial charge in [0.1, 0.15) is 29.3 Å². The molecule has 3 rings (SSSR count). The fourth-order valence-electron chi connectivity index (χ4n) is 2.42. The zero-order chi connectivity index (χ0) is 19.9. The lowest BCUT2D eigenvalue weighted by Crippen LogP contribution is -2.15. The Morgan fingerprint density at radius 3 is 2.50 bits per heavy atom. The number of hydrogen-bond acceptors (Lipinski definition) is 7. The first-order chi connectivity index (χ1) is 13.6. The maximum atomic E-state index is 12.6. The van der Waals surface area contributed by atoms with Crippen LogP contribution in [0, 0.1) is 11.3 Å². The van der Waals surface area contributed by atoms with Crippen LogP contribution in [0.1, 0.15) is 16.1 Å². The van der Waals surface area contributed by atoms with Crippen molar-refractivity contribution in [1.82, 2.24) is 9.97 Å². The van der Waals surface area contributed by atoms with Crippen LogP contribution < -0.4 is 20.1 Å². The van der Waals surface area contributed by atoms with Gasteiger partial charge in [0.15, 0.2) is 0 Å². The van der Waals surface area contributed by atoms with E-state index in [-0.39, 0.29) is 5.69 Å². The van der Waals surface area contributed by atoms with E-state index in [1.54, 1.807) is 49.6 Å². The molecule has 0 aliphatic heterocycles. The van der Waals surface area contributed by atoms with Gasteiger partial charge in [0.2, 0.25) is 0 Å². The van der Waals surface area contributed by atoms with E-state index in [2.05, 4.69) is 26.7 Å². The molecule has 0 bridgehead atoms. The number of nitrogens with one attached hydrogen (secondary N) is 2. The molecule has 2 aromatic carbocycles. The van der Waals surface area contributed by atoms with E-state index in [1.165, 1.54) is 19.5 Å². The molecule has 0 saturated heterocycles. The van der Waals surface area contributed by atoms with Gasteiger partial charge in [-0.25, -0.2) is 9.97 Å². The van der Waals surface area contributed by atoms with Crippen LogP contribution in [0.4, 0.5) is 17.2 Å². The average molecular weight is 375 g/mol. The first-order valence-corrected chi connectivity index (χ1v) is 8.25. The van der Waals surface area contributed by atoms with Gasteiger partial charge in [0.25, 0.3) is 5.91 Å². The van der Waals surface area contributed by atoms with Gasteiger partial charge in [-0.05, 0) is 36.4 Å². The van der Waals surface area contributed by atoms with Crippen LogP contribution >= 0.6 is 0 Å². The number of ether oxygens (including phenoxy) is 2. The summed E-state index contributed by atoms with van der Waals surface area (Å²) < 4.78 is 10.4. The molecule has 1 amide bonds. The third-order valence-corrected chi connectivity index (χ3v) is 3.84. The van der Waals surface area contributed by atoms with Gasteiger partial charge in [0.05, 0.1) is 31.5 Å². The summed E-state index contributed by atoms with van der Waals surface area (Å²) >= 11 is 0. The molecule has 0 aliphatic carbocycles. The van der Waals surface area contributed by atoms with Crippen LogP contribution in [-0.2, 0) is 0 Å². The molecular formula is C20H17N5O3. The maximum Gasteiger partial charge on any atom is 0.274 e. The summed E-state index contributed by atoms with van der Waals surface area (Å²) in [6.07, 6.45) is 1.30. The molecule has 0 saturated carbocycles. The molecule has 0 atom stereocenters. The highest BCUT2D eigenvalue weighted by Gasteiger charge is 2.13. The predicted molar refractivity (Wildman–Crippen MR) is 104 cm³/mol. The van der Waals surface area contributed by atoms with Crippen molar-refractivity contribution in [2.45, 2.75) is 0 Å². The minimum absolute atomic E-state index is 0.177. The first kappa shape index (κ1) is 18.7. The molecule has 8 nitrogen and oxygen atoms in total. The van der Waals surface area contributed by atoms with E-state index in [4.69, 9.17) is 14.7 Å². The molecule has 8 heteroatoms. The Morgan fingerprint density at radius 1 is 1.04 bits per heavy atom. The Morgan fingerprint density at radius 2 is 1.82 bits per heavy atom. The summed E-state index contributed by atoms with van der Waals surface area (Å²) in [6.45, 7) is 0. The summed E-state index contributed by atoms with van der Waals surface area (Å²) in [4.78, 5) is 20.7. The molecule has 3 aromatic rings. The van der Waals surface area contributed by atoms with Crippen molar-refractivity contribution in [2.24, 2.45) is 0 Å². The minimum Gasteiger partial charge on any atom is -0.497 e. The van der Waals surface area contributed by atoms with Crippen molar-refractivity contribution in [3.05, 3.63) is 66.1 Å². The topological polar surface area (TPSA) is 109 Å². The molecule has 0 fully saturated rings. The lowest BCUT2D eigenvalue weighted by Gasteiger charge is -2.12. The van der Waals surface area contributed by atoms with Gasteiger partial charge >= 0.3 is 0 Å². The van der Waals surface area contributed by atoms with Crippen molar-refractivity contribution in [3.63, 3.8) is 0 Å². The molecule has 1 heterocycles. The highest BCUT2D eigenvalue weighted by atomic mass is 16.5. The highest BCUT2D eigenvalue weighted by Crippen LogP contribution is 2.29. The molecule has 2 N–H and O–H groups in total. The quantitative estimate of drug-likeness (QED) is 0.680. The number of carbonyl (C=O) groups is 1. The number of hydrogen-bond donors (Lipinski definition) is 2. The maximum absolute atomic E-state index is 12.6. The van der Waals surface area contributed by atoms with Crippen molar-refractivity contribution in [3.8, 4) is 17.6 Å². The fourth-order valence-corrected chi connectivity index (χ4v) is 2.42. The smallest absolute Gasteiger partial charge is 0.274 e. The Labute approximate surface area is 161 Å². The molecule has 0 radical (unpaired) electrons. The summed E-state index contributed by atoms with van der Waals surface area (Å²) in [5.41, 5.74) is 1.93. The van der Waals surface area contributed by atoms with E-state index in [0.717, 1.165) is 5.69 Å². The standard InChI is InChI=1S/C20H17N5O3/c1-27-15-7-8-18(28-2)16(9-15)25-20(26)17-10-19(23-12-22-17)24-14-5-3-13(11-21)4-6-14/h3-10,12H,1-2H3,(H,25,26)(H,22,23,24). The van der Waals surface area contributed by atoms with Crippen molar-refractivity contribution < 1.29 is 14.3 Å². The molecule has 140 valence electrons. The van der Waals surface area contributed by atoms with Crippen LogP contribution in [0.25, 0.3) is 0 Å². The lowest BCUT2D eigenvalue weighted by atomic mass is 10.2. The van der Waals surface area contributed by atoms with Crippen LogP contribution in [0.2, 0.25) is 0 Å². The summed E-state index contributed by atoms with van der Waals surface area (Å²) in [6, 6.07) is 15.6. The SMILES string of the molecule is COc1ccc(OC)c(NC(=O)c2cc(Nc3ccc(C#N)cc3)ncn2)c1. The average Bonchev–Trinajstić information content (AvgIpc) is 2.74. The number of nitrogens with zero attached hydrogens (tertiary/aromatic N) is 3. The molecule has 0 spiro atoms. The molecule has 28 heavy (non-hydrogen) atoms. The number of nitriles is 1. The zero-order valence-electron chi connectivity index (χ0n) is 15.3. The lowest BCUT2D eigenvalue weighted by molar-refractivity contribution is 0.102. The second-order valence-corrected chi connectivity index (χ2v) is 5.62. The van der Waals surface area contributed by atoms with Gasteiger partial charge < -0.3 is 20.1 Å². The predicted octanol–water partition coefficient (Wildman–Crippen LogP) is 3.36. The monoisotopic (exact) mass is 375 g/mol. The van der Waals surface area contributed by atoms with Gasteiger partial charge in [-0.1, -0.05) is 0 Å². The van der Waals surface area contributed by atoms with Crippen LogP contribution in [0.15, 0.2) is 54.9 Å². The molecule has 0 aliphatic rings. The van der Waals surface area contributed by atoms with E-state index in [1.807, 2.05) is 0 Å². The van der Waals surface area contributed by atoms with Gasteiger partial charge in [0, 0.05) is 17.8 Å². The molecular weight excluding hydrogens is 358 g/mol. The van der Waals surface area contributed by atoms with Gasteiger partial charge in [-0.2, -0.15) is 5.26 Å². The van der Waals surface area contributed by atoms with E-state index >= 15 is 0 Å². The Kier molecular flexibility index (Phi) is 5.67. The summed E-state index contributed by atoms with van der Waals surface area (Å²) in [5.74, 6) is 1.11. The second-order valence-electron chi connectivity index (χ2n) is 5.62. The Bertz CT molecular complexity index is 1030. The molecule has 0 unspecified atom stereocenters.